The zero-order chi connectivity index (χ0) is 23.3. The van der Waals surface area contributed by atoms with Crippen molar-refractivity contribution in [3.63, 3.8) is 0 Å². The number of aromatic nitrogens is 3. The molecule has 0 saturated heterocycles. The summed E-state index contributed by atoms with van der Waals surface area (Å²) in [5.41, 5.74) is 1.06. The number of esters is 1. The van der Waals surface area contributed by atoms with Crippen molar-refractivity contribution in [1.29, 1.82) is 0 Å². The van der Waals surface area contributed by atoms with Crippen LogP contribution in [0.5, 0.6) is 0 Å². The minimum atomic E-state index is -0.913. The van der Waals surface area contributed by atoms with Crippen LogP contribution in [0.4, 0.5) is 4.39 Å². The van der Waals surface area contributed by atoms with Gasteiger partial charge in [-0.25, -0.2) is 4.39 Å². The first-order valence-electron chi connectivity index (χ1n) is 10.0. The summed E-state index contributed by atoms with van der Waals surface area (Å²) in [7, 11) is 0. The topological polar surface area (TPSA) is 86.1 Å². The van der Waals surface area contributed by atoms with Crippen molar-refractivity contribution in [1.82, 2.24) is 20.1 Å². The summed E-state index contributed by atoms with van der Waals surface area (Å²) in [5, 5.41) is 11.7. The molecule has 168 valence electrons. The number of rotatable bonds is 7. The monoisotopic (exact) mass is 456 g/mol. The third kappa shape index (κ3) is 6.16. The Morgan fingerprint density at radius 1 is 1.09 bits per heavy atom. The number of hydrogen-bond acceptors (Lipinski definition) is 6. The van der Waals surface area contributed by atoms with Gasteiger partial charge in [0.1, 0.15) is 5.82 Å². The molecule has 7 nitrogen and oxygen atoms in total. The van der Waals surface area contributed by atoms with Crippen molar-refractivity contribution < 1.29 is 18.7 Å². The molecular formula is C23H25FN4O3S. The van der Waals surface area contributed by atoms with Crippen LogP contribution in [-0.2, 0) is 14.3 Å². The van der Waals surface area contributed by atoms with Gasteiger partial charge in [0.25, 0.3) is 5.91 Å². The molecule has 1 N–H and O–H groups in total. The second-order valence-corrected chi connectivity index (χ2v) is 9.09. The van der Waals surface area contributed by atoms with E-state index in [0.717, 1.165) is 17.4 Å². The van der Waals surface area contributed by atoms with E-state index < -0.39 is 17.6 Å². The van der Waals surface area contributed by atoms with Crippen molar-refractivity contribution in [2.45, 2.75) is 44.5 Å². The highest BCUT2D eigenvalue weighted by Crippen LogP contribution is 2.28. The number of nitrogens with zero attached hydrogens (tertiary/aromatic N) is 3. The normalized spacial score (nSPS) is 12.3. The number of benzene rings is 2. The number of para-hydroxylation sites is 1. The summed E-state index contributed by atoms with van der Waals surface area (Å²) < 4.78 is 20.4. The Labute approximate surface area is 190 Å². The molecule has 0 saturated carbocycles. The van der Waals surface area contributed by atoms with Gasteiger partial charge >= 0.3 is 5.97 Å². The first-order valence-corrected chi connectivity index (χ1v) is 11.0. The Morgan fingerprint density at radius 2 is 1.75 bits per heavy atom. The summed E-state index contributed by atoms with van der Waals surface area (Å²) in [4.78, 5) is 24.5. The molecule has 1 atom stereocenters. The lowest BCUT2D eigenvalue weighted by Crippen LogP contribution is -2.46. The smallest absolute Gasteiger partial charge is 0.317 e. The minimum absolute atomic E-state index is 0.0540. The number of ether oxygens (including phenoxy) is 1. The highest BCUT2D eigenvalue weighted by molar-refractivity contribution is 7.99. The van der Waals surface area contributed by atoms with E-state index >= 15 is 0 Å². The fraction of sp³-hybridized carbons (Fsp3) is 0.304. The highest BCUT2D eigenvalue weighted by Gasteiger charge is 2.23. The van der Waals surface area contributed by atoms with Crippen LogP contribution >= 0.6 is 11.8 Å². The van der Waals surface area contributed by atoms with E-state index in [4.69, 9.17) is 4.74 Å². The zero-order valence-corrected chi connectivity index (χ0v) is 19.1. The first-order chi connectivity index (χ1) is 15.1. The number of halogens is 1. The largest absolute Gasteiger partial charge is 0.452 e. The van der Waals surface area contributed by atoms with Crippen molar-refractivity contribution in [3.05, 3.63) is 60.4 Å². The van der Waals surface area contributed by atoms with Gasteiger partial charge in [-0.2, -0.15) is 0 Å². The van der Waals surface area contributed by atoms with Crippen LogP contribution in [0.15, 0.2) is 59.8 Å². The summed E-state index contributed by atoms with van der Waals surface area (Å²) in [6.45, 7) is 7.09. The van der Waals surface area contributed by atoms with E-state index in [1.807, 2.05) is 51.1 Å². The molecule has 0 aliphatic heterocycles. The molecule has 0 fully saturated rings. The maximum Gasteiger partial charge on any atom is 0.317 e. The molecule has 2 aromatic carbocycles. The fourth-order valence-electron chi connectivity index (χ4n) is 2.84. The molecule has 0 aliphatic rings. The van der Waals surface area contributed by atoms with Crippen LogP contribution in [0.25, 0.3) is 17.1 Å². The molecule has 3 aromatic rings. The Balaban J connectivity index is 1.76. The van der Waals surface area contributed by atoms with E-state index in [1.54, 1.807) is 16.7 Å². The predicted molar refractivity (Wildman–Crippen MR) is 121 cm³/mol. The van der Waals surface area contributed by atoms with Gasteiger partial charge in [-0.3, -0.25) is 14.2 Å². The Kier molecular flexibility index (Phi) is 7.29. The molecular weight excluding hydrogens is 431 g/mol. The van der Waals surface area contributed by atoms with Crippen LogP contribution in [0.1, 0.15) is 27.7 Å². The van der Waals surface area contributed by atoms with E-state index in [0.29, 0.717) is 16.5 Å². The van der Waals surface area contributed by atoms with Gasteiger partial charge in [-0.1, -0.05) is 30.0 Å². The number of hydrogen-bond donors (Lipinski definition) is 1. The number of carbonyl (C=O) groups excluding carboxylic acids is 2. The molecule has 3 rings (SSSR count). The molecule has 0 bridgehead atoms. The molecule has 1 heterocycles. The second kappa shape index (κ2) is 9.95. The lowest BCUT2D eigenvalue weighted by molar-refractivity contribution is -0.152. The average molecular weight is 457 g/mol. The fourth-order valence-corrected chi connectivity index (χ4v) is 3.57. The molecule has 9 heteroatoms. The van der Waals surface area contributed by atoms with E-state index in [-0.39, 0.29) is 17.5 Å². The van der Waals surface area contributed by atoms with E-state index in [1.165, 1.54) is 19.1 Å². The standard InChI is InChI=1S/C23H25FN4O3S/c1-15(21(30)25-23(2,3)4)31-19(29)14-32-22-27-26-20(16-10-12-17(24)13-11-16)28(22)18-8-6-5-7-9-18/h5-13,15H,14H2,1-4H3,(H,25,30). The number of thioether (sulfide) groups is 1. The number of amides is 1. The number of nitrogens with one attached hydrogen (secondary N) is 1. The van der Waals surface area contributed by atoms with Gasteiger partial charge in [0.2, 0.25) is 0 Å². The van der Waals surface area contributed by atoms with Gasteiger partial charge < -0.3 is 10.1 Å². The molecule has 1 aromatic heterocycles. The lowest BCUT2D eigenvalue weighted by Gasteiger charge is -2.23. The van der Waals surface area contributed by atoms with Crippen LogP contribution in [0, 0.1) is 5.82 Å². The summed E-state index contributed by atoms with van der Waals surface area (Å²) in [6.07, 6.45) is -0.913. The predicted octanol–water partition coefficient (Wildman–Crippen LogP) is 4.01. The van der Waals surface area contributed by atoms with Gasteiger partial charge in [-0.15, -0.1) is 10.2 Å². The summed E-state index contributed by atoms with van der Waals surface area (Å²) in [6, 6.07) is 15.4. The highest BCUT2D eigenvalue weighted by atomic mass is 32.2. The Morgan fingerprint density at radius 3 is 2.38 bits per heavy atom. The van der Waals surface area contributed by atoms with Gasteiger partial charge in [0, 0.05) is 16.8 Å². The van der Waals surface area contributed by atoms with E-state index in [9.17, 15) is 14.0 Å². The van der Waals surface area contributed by atoms with Crippen molar-refractivity contribution >= 4 is 23.6 Å². The van der Waals surface area contributed by atoms with Crippen LogP contribution in [0.2, 0.25) is 0 Å². The van der Waals surface area contributed by atoms with Gasteiger partial charge in [0.05, 0.1) is 5.75 Å². The molecule has 1 amide bonds. The van der Waals surface area contributed by atoms with Crippen LogP contribution < -0.4 is 5.32 Å². The maximum absolute atomic E-state index is 13.4. The number of carbonyl (C=O) groups is 2. The minimum Gasteiger partial charge on any atom is -0.452 e. The quantitative estimate of drug-likeness (QED) is 0.427. The Bertz CT molecular complexity index is 1080. The SMILES string of the molecule is CC(OC(=O)CSc1nnc(-c2ccc(F)cc2)n1-c1ccccc1)C(=O)NC(C)(C)C. The van der Waals surface area contributed by atoms with Crippen molar-refractivity contribution in [2.24, 2.45) is 0 Å². The van der Waals surface area contributed by atoms with Crippen molar-refractivity contribution in [3.8, 4) is 17.1 Å². The van der Waals surface area contributed by atoms with Gasteiger partial charge in [-0.05, 0) is 64.1 Å². The van der Waals surface area contributed by atoms with Crippen LogP contribution in [0.3, 0.4) is 0 Å². The molecule has 0 spiro atoms. The van der Waals surface area contributed by atoms with Crippen molar-refractivity contribution in [2.75, 3.05) is 5.75 Å². The van der Waals surface area contributed by atoms with Crippen LogP contribution in [-0.4, -0.2) is 44.0 Å². The Hall–Kier alpha value is -3.20. The molecule has 0 radical (unpaired) electrons. The zero-order valence-electron chi connectivity index (χ0n) is 18.3. The molecule has 0 aliphatic carbocycles. The third-order valence-corrected chi connectivity index (χ3v) is 5.15. The van der Waals surface area contributed by atoms with Gasteiger partial charge in [0.15, 0.2) is 17.1 Å². The summed E-state index contributed by atoms with van der Waals surface area (Å²) in [5.74, 6) is -0.785. The maximum atomic E-state index is 13.4. The molecule has 1 unspecified atom stereocenters. The lowest BCUT2D eigenvalue weighted by atomic mass is 10.1. The first kappa shape index (κ1) is 23.5. The third-order valence-electron chi connectivity index (χ3n) is 4.24. The average Bonchev–Trinajstić information content (AvgIpc) is 3.16. The summed E-state index contributed by atoms with van der Waals surface area (Å²) >= 11 is 1.14. The second-order valence-electron chi connectivity index (χ2n) is 8.14. The molecule has 32 heavy (non-hydrogen) atoms. The van der Waals surface area contributed by atoms with E-state index in [2.05, 4.69) is 15.5 Å².